The van der Waals surface area contributed by atoms with E-state index in [9.17, 15) is 18.0 Å². The SMILES string of the molecule is COC(=O)c1ccccc1NC(=O)c1ccc2c(c1)C[C@@H](C)N2S(C)(=O)=O. The van der Waals surface area contributed by atoms with Crippen molar-refractivity contribution in [3.05, 3.63) is 59.2 Å². The molecule has 0 saturated heterocycles. The van der Waals surface area contributed by atoms with Crippen LogP contribution in [0.2, 0.25) is 0 Å². The lowest BCUT2D eigenvalue weighted by Crippen LogP contribution is -2.34. The Kier molecular flexibility index (Phi) is 4.93. The molecule has 0 saturated carbocycles. The third kappa shape index (κ3) is 3.66. The molecule has 7 nitrogen and oxygen atoms in total. The van der Waals surface area contributed by atoms with Crippen LogP contribution >= 0.6 is 0 Å². The Morgan fingerprint density at radius 3 is 2.56 bits per heavy atom. The van der Waals surface area contributed by atoms with E-state index >= 15 is 0 Å². The average Bonchev–Trinajstić information content (AvgIpc) is 2.96. The monoisotopic (exact) mass is 388 g/mol. The van der Waals surface area contributed by atoms with E-state index in [0.29, 0.717) is 23.4 Å². The Labute approximate surface area is 158 Å². The zero-order chi connectivity index (χ0) is 19.8. The van der Waals surface area contributed by atoms with Gasteiger partial charge in [-0.25, -0.2) is 13.2 Å². The lowest BCUT2D eigenvalue weighted by Gasteiger charge is -2.21. The molecule has 8 heteroatoms. The first-order chi connectivity index (χ1) is 12.7. The van der Waals surface area contributed by atoms with Crippen molar-refractivity contribution in [3.63, 3.8) is 0 Å². The van der Waals surface area contributed by atoms with Gasteiger partial charge in [0.05, 0.1) is 30.3 Å². The summed E-state index contributed by atoms with van der Waals surface area (Å²) in [6.07, 6.45) is 1.70. The Hall–Kier alpha value is -2.87. The molecule has 27 heavy (non-hydrogen) atoms. The summed E-state index contributed by atoms with van der Waals surface area (Å²) in [6, 6.07) is 11.3. The number of benzene rings is 2. The fourth-order valence-corrected chi connectivity index (χ4v) is 4.59. The predicted molar refractivity (Wildman–Crippen MR) is 103 cm³/mol. The molecule has 0 spiro atoms. The third-order valence-corrected chi connectivity index (χ3v) is 5.70. The van der Waals surface area contributed by atoms with E-state index in [4.69, 9.17) is 4.74 Å². The first-order valence-corrected chi connectivity index (χ1v) is 10.2. The molecule has 1 amide bonds. The van der Waals surface area contributed by atoms with Gasteiger partial charge in [0.15, 0.2) is 0 Å². The molecule has 0 aliphatic carbocycles. The zero-order valence-corrected chi connectivity index (χ0v) is 16.0. The number of fused-ring (bicyclic) bond motifs is 1. The molecule has 0 fully saturated rings. The minimum Gasteiger partial charge on any atom is -0.465 e. The van der Waals surface area contributed by atoms with Crippen LogP contribution in [0.5, 0.6) is 0 Å². The topological polar surface area (TPSA) is 92.8 Å². The molecule has 1 aliphatic rings. The molecule has 1 N–H and O–H groups in total. The summed E-state index contributed by atoms with van der Waals surface area (Å²) in [6.45, 7) is 1.83. The van der Waals surface area contributed by atoms with Crippen molar-refractivity contribution in [1.82, 2.24) is 0 Å². The number of methoxy groups -OCH3 is 1. The van der Waals surface area contributed by atoms with Crippen LogP contribution in [0, 0.1) is 0 Å². The molecule has 2 aromatic rings. The molecule has 1 atom stereocenters. The van der Waals surface area contributed by atoms with E-state index in [0.717, 1.165) is 5.56 Å². The lowest BCUT2D eigenvalue weighted by molar-refractivity contribution is 0.0602. The molecule has 142 valence electrons. The molecule has 1 aliphatic heterocycles. The van der Waals surface area contributed by atoms with Crippen molar-refractivity contribution >= 4 is 33.3 Å². The summed E-state index contributed by atoms with van der Waals surface area (Å²) < 4.78 is 30.1. The van der Waals surface area contributed by atoms with E-state index in [1.807, 2.05) is 6.92 Å². The first kappa shape index (κ1) is 18.9. The van der Waals surface area contributed by atoms with Crippen LogP contribution in [0.1, 0.15) is 33.2 Å². The highest BCUT2D eigenvalue weighted by Crippen LogP contribution is 2.34. The first-order valence-electron chi connectivity index (χ1n) is 8.33. The van der Waals surface area contributed by atoms with Gasteiger partial charge in [0.1, 0.15) is 0 Å². The molecule has 0 unspecified atom stereocenters. The number of hydrogen-bond acceptors (Lipinski definition) is 5. The summed E-state index contributed by atoms with van der Waals surface area (Å²) in [4.78, 5) is 24.5. The summed E-state index contributed by atoms with van der Waals surface area (Å²) >= 11 is 0. The molecule has 0 aromatic heterocycles. The molecule has 3 rings (SSSR count). The van der Waals surface area contributed by atoms with Crippen molar-refractivity contribution in [2.75, 3.05) is 23.0 Å². The van der Waals surface area contributed by atoms with Crippen molar-refractivity contribution in [3.8, 4) is 0 Å². The van der Waals surface area contributed by atoms with Crippen molar-refractivity contribution < 1.29 is 22.7 Å². The van der Waals surface area contributed by atoms with Gasteiger partial charge in [-0.3, -0.25) is 9.10 Å². The number of nitrogens with one attached hydrogen (secondary N) is 1. The van der Waals surface area contributed by atoms with Crippen LogP contribution in [0.25, 0.3) is 0 Å². The average molecular weight is 388 g/mol. The second kappa shape index (κ2) is 7.03. The van der Waals surface area contributed by atoms with Crippen LogP contribution in [0.15, 0.2) is 42.5 Å². The number of carbonyl (C=O) groups excluding carboxylic acids is 2. The Balaban J connectivity index is 1.89. The van der Waals surface area contributed by atoms with Crippen molar-refractivity contribution in [2.45, 2.75) is 19.4 Å². The standard InChI is InChI=1S/C19H20N2O5S/c1-12-10-14-11-13(8-9-17(14)21(12)27(3,24)25)18(22)20-16-7-5-4-6-15(16)19(23)26-2/h4-9,11-12H,10H2,1-3H3,(H,20,22)/t12-/m1/s1. The van der Waals surface area contributed by atoms with Gasteiger partial charge in [0.25, 0.3) is 5.91 Å². The fourth-order valence-electron chi connectivity index (χ4n) is 3.32. The fraction of sp³-hybridized carbons (Fsp3) is 0.263. The summed E-state index contributed by atoms with van der Waals surface area (Å²) in [7, 11) is -2.11. The molecular formula is C19H20N2O5S. The van der Waals surface area contributed by atoms with Gasteiger partial charge in [-0.15, -0.1) is 0 Å². The number of amides is 1. The van der Waals surface area contributed by atoms with E-state index in [-0.39, 0.29) is 17.5 Å². The Bertz CT molecular complexity index is 1020. The van der Waals surface area contributed by atoms with Gasteiger partial charge in [0, 0.05) is 11.6 Å². The van der Waals surface area contributed by atoms with Gasteiger partial charge in [0.2, 0.25) is 10.0 Å². The number of carbonyl (C=O) groups is 2. The highest BCUT2D eigenvalue weighted by atomic mass is 32.2. The van der Waals surface area contributed by atoms with Gasteiger partial charge in [-0.2, -0.15) is 0 Å². The normalized spacial score (nSPS) is 16.0. The summed E-state index contributed by atoms with van der Waals surface area (Å²) in [5, 5.41) is 2.71. The largest absolute Gasteiger partial charge is 0.465 e. The van der Waals surface area contributed by atoms with E-state index in [2.05, 4.69) is 5.32 Å². The maximum Gasteiger partial charge on any atom is 0.339 e. The summed E-state index contributed by atoms with van der Waals surface area (Å²) in [5.74, 6) is -0.933. The van der Waals surface area contributed by atoms with Crippen LogP contribution in [-0.2, 0) is 21.2 Å². The van der Waals surface area contributed by atoms with Crippen LogP contribution in [0.3, 0.4) is 0 Å². The van der Waals surface area contributed by atoms with Gasteiger partial charge < -0.3 is 10.1 Å². The summed E-state index contributed by atoms with van der Waals surface area (Å²) in [5.41, 5.74) is 2.38. The van der Waals surface area contributed by atoms with E-state index in [1.54, 1.807) is 42.5 Å². The molecule has 1 heterocycles. The lowest BCUT2D eigenvalue weighted by atomic mass is 10.1. The van der Waals surface area contributed by atoms with Gasteiger partial charge in [-0.05, 0) is 49.2 Å². The Morgan fingerprint density at radius 2 is 1.89 bits per heavy atom. The van der Waals surface area contributed by atoms with Crippen LogP contribution < -0.4 is 9.62 Å². The molecular weight excluding hydrogens is 368 g/mol. The molecule has 2 aromatic carbocycles. The minimum absolute atomic E-state index is 0.201. The number of sulfonamides is 1. The number of ether oxygens (including phenoxy) is 1. The number of para-hydroxylation sites is 1. The number of esters is 1. The minimum atomic E-state index is -3.38. The van der Waals surface area contributed by atoms with E-state index < -0.39 is 16.0 Å². The van der Waals surface area contributed by atoms with E-state index in [1.165, 1.54) is 17.7 Å². The van der Waals surface area contributed by atoms with Gasteiger partial charge >= 0.3 is 5.97 Å². The maximum atomic E-state index is 12.6. The molecule has 0 bridgehead atoms. The highest BCUT2D eigenvalue weighted by Gasteiger charge is 2.32. The maximum absolute atomic E-state index is 12.6. The number of nitrogens with zero attached hydrogens (tertiary/aromatic N) is 1. The highest BCUT2D eigenvalue weighted by molar-refractivity contribution is 7.92. The second-order valence-electron chi connectivity index (χ2n) is 6.45. The third-order valence-electron chi connectivity index (χ3n) is 4.43. The van der Waals surface area contributed by atoms with Crippen molar-refractivity contribution in [1.29, 1.82) is 0 Å². The number of rotatable bonds is 4. The quantitative estimate of drug-likeness (QED) is 0.812. The second-order valence-corrected chi connectivity index (χ2v) is 8.31. The van der Waals surface area contributed by atoms with Crippen LogP contribution in [-0.4, -0.2) is 39.7 Å². The smallest absolute Gasteiger partial charge is 0.339 e. The molecule has 0 radical (unpaired) electrons. The number of hydrogen-bond donors (Lipinski definition) is 1. The van der Waals surface area contributed by atoms with Gasteiger partial charge in [-0.1, -0.05) is 12.1 Å². The van der Waals surface area contributed by atoms with Crippen molar-refractivity contribution in [2.24, 2.45) is 0 Å². The predicted octanol–water partition coefficient (Wildman–Crippen LogP) is 2.44. The number of anilines is 2. The van der Waals surface area contributed by atoms with Crippen LogP contribution in [0.4, 0.5) is 11.4 Å². The zero-order valence-electron chi connectivity index (χ0n) is 15.2. The Morgan fingerprint density at radius 1 is 1.19 bits per heavy atom.